The maximum atomic E-state index is 14.4. The number of allylic oxidation sites excluding steroid dienone is 1. The van der Waals surface area contributed by atoms with Crippen LogP contribution in [0.3, 0.4) is 0 Å². The van der Waals surface area contributed by atoms with Gasteiger partial charge in [-0.25, -0.2) is 0 Å². The first-order valence-electron chi connectivity index (χ1n) is 16.3. The highest BCUT2D eigenvalue weighted by Gasteiger charge is 2.76. The number of morpholine rings is 1. The Labute approximate surface area is 284 Å². The molecular weight excluding hydrogens is 672 g/mol. The number of aliphatic hydroxyl groups is 1. The molecule has 1 aromatic carbocycles. The number of alkyl halides is 1. The van der Waals surface area contributed by atoms with Crippen LogP contribution in [-0.4, -0.2) is 132 Å². The fourth-order valence-corrected chi connectivity index (χ4v) is 8.35. The Kier molecular flexibility index (Phi) is 11.9. The molecular formula is C34H45BrN4O8. The Balaban J connectivity index is 1.39. The van der Waals surface area contributed by atoms with E-state index in [0.717, 1.165) is 18.7 Å². The molecule has 2 N–H and O–H groups in total. The van der Waals surface area contributed by atoms with E-state index in [4.69, 9.17) is 14.2 Å². The van der Waals surface area contributed by atoms with Crippen LogP contribution in [0, 0.1) is 11.8 Å². The van der Waals surface area contributed by atoms with E-state index in [1.54, 1.807) is 17.1 Å². The maximum absolute atomic E-state index is 14.4. The summed E-state index contributed by atoms with van der Waals surface area (Å²) in [6, 6.07) is 7.48. The molecule has 4 aliphatic rings. The van der Waals surface area contributed by atoms with E-state index in [9.17, 15) is 24.3 Å². The molecule has 13 heteroatoms. The molecule has 4 heterocycles. The van der Waals surface area contributed by atoms with Crippen LogP contribution in [0.5, 0.6) is 0 Å². The van der Waals surface area contributed by atoms with Gasteiger partial charge in [0.1, 0.15) is 18.2 Å². The lowest BCUT2D eigenvalue weighted by molar-refractivity contribution is -0.148. The topological polar surface area (TPSA) is 138 Å². The predicted molar refractivity (Wildman–Crippen MR) is 176 cm³/mol. The number of esters is 1. The van der Waals surface area contributed by atoms with Crippen molar-refractivity contribution < 1.29 is 38.5 Å². The van der Waals surface area contributed by atoms with Crippen molar-refractivity contribution in [3.63, 3.8) is 0 Å². The average Bonchev–Trinajstić information content (AvgIpc) is 3.67. The highest BCUT2D eigenvalue weighted by Crippen LogP contribution is 2.60. The van der Waals surface area contributed by atoms with Gasteiger partial charge in [-0.05, 0) is 18.4 Å². The van der Waals surface area contributed by atoms with E-state index in [1.807, 2.05) is 30.3 Å². The number of benzene rings is 1. The zero-order chi connectivity index (χ0) is 33.6. The van der Waals surface area contributed by atoms with Gasteiger partial charge in [0.15, 0.2) is 0 Å². The molecule has 12 nitrogen and oxygen atoms in total. The van der Waals surface area contributed by atoms with E-state index < -0.39 is 53.4 Å². The van der Waals surface area contributed by atoms with Crippen LogP contribution in [0.1, 0.15) is 30.9 Å². The Morgan fingerprint density at radius 3 is 2.60 bits per heavy atom. The van der Waals surface area contributed by atoms with Crippen molar-refractivity contribution in [2.24, 2.45) is 11.8 Å². The van der Waals surface area contributed by atoms with Crippen molar-refractivity contribution in [1.82, 2.24) is 20.0 Å². The number of halogens is 1. The van der Waals surface area contributed by atoms with Crippen molar-refractivity contribution in [3.05, 3.63) is 61.2 Å². The van der Waals surface area contributed by atoms with Crippen molar-refractivity contribution in [3.8, 4) is 0 Å². The smallest absolute Gasteiger partial charge is 0.306 e. The van der Waals surface area contributed by atoms with Gasteiger partial charge in [0.05, 0.1) is 43.8 Å². The van der Waals surface area contributed by atoms with Crippen molar-refractivity contribution in [1.29, 1.82) is 0 Å². The van der Waals surface area contributed by atoms with E-state index in [1.165, 1.54) is 4.90 Å². The van der Waals surface area contributed by atoms with Gasteiger partial charge in [0, 0.05) is 50.5 Å². The highest BCUT2D eigenvalue weighted by molar-refractivity contribution is 9.09. The molecule has 4 fully saturated rings. The first kappa shape index (κ1) is 35.2. The summed E-state index contributed by atoms with van der Waals surface area (Å²) in [5.74, 6) is -3.37. The molecule has 7 atom stereocenters. The van der Waals surface area contributed by atoms with Crippen LogP contribution >= 0.6 is 15.9 Å². The second kappa shape index (κ2) is 15.9. The Morgan fingerprint density at radius 1 is 1.17 bits per heavy atom. The van der Waals surface area contributed by atoms with Gasteiger partial charge in [-0.2, -0.15) is 0 Å². The van der Waals surface area contributed by atoms with Gasteiger partial charge in [-0.3, -0.25) is 24.1 Å². The normalized spacial score (nSPS) is 28.9. The summed E-state index contributed by atoms with van der Waals surface area (Å²) < 4.78 is 17.6. The fraction of sp³-hybridized carbons (Fsp3) is 0.588. The summed E-state index contributed by atoms with van der Waals surface area (Å²) >= 11 is 3.71. The molecule has 2 bridgehead atoms. The van der Waals surface area contributed by atoms with Crippen molar-refractivity contribution in [2.45, 2.75) is 47.9 Å². The summed E-state index contributed by atoms with van der Waals surface area (Å²) in [4.78, 5) is 60.2. The zero-order valence-electron chi connectivity index (χ0n) is 26.6. The van der Waals surface area contributed by atoms with E-state index in [-0.39, 0.29) is 43.5 Å². The van der Waals surface area contributed by atoms with Crippen LogP contribution in [0.15, 0.2) is 55.6 Å². The van der Waals surface area contributed by atoms with E-state index in [0.29, 0.717) is 39.1 Å². The molecule has 0 aromatic heterocycles. The molecule has 0 saturated carbocycles. The summed E-state index contributed by atoms with van der Waals surface area (Å²) in [7, 11) is 0. The Hall–Kier alpha value is -3.10. The number of rotatable bonds is 16. The van der Waals surface area contributed by atoms with Gasteiger partial charge >= 0.3 is 5.97 Å². The van der Waals surface area contributed by atoms with Crippen LogP contribution in [0.25, 0.3) is 0 Å². The number of aliphatic hydroxyl groups excluding tert-OH is 1. The Bertz CT molecular complexity index is 1310. The standard InChI is InChI=1S/C34H45BrN4O8/c1-3-5-11-26(41)46-22-25(23-9-7-6-8-10-23)36-31(42)27-28-32(43)39(15-18-40)30(34(28)21-24(35)29(27)47-34)33(44)38(12-4-2)14-13-37-16-19-45-20-17-37/h3-4,6-10,24-25,27-30,40H,1-2,5,11-22H2,(H,36,42)/t24?,25-,27+,28-,29+,30+,34-/m1/s1. The third-order valence-electron chi connectivity index (χ3n) is 9.60. The molecule has 4 aliphatic heterocycles. The molecule has 0 aliphatic carbocycles. The molecule has 47 heavy (non-hydrogen) atoms. The maximum Gasteiger partial charge on any atom is 0.306 e. The first-order valence-corrected chi connectivity index (χ1v) is 17.2. The lowest BCUT2D eigenvalue weighted by Crippen LogP contribution is -2.58. The minimum absolute atomic E-state index is 0.0680. The van der Waals surface area contributed by atoms with Gasteiger partial charge in [-0.1, -0.05) is 58.4 Å². The zero-order valence-corrected chi connectivity index (χ0v) is 28.2. The number of hydrogen-bond acceptors (Lipinski definition) is 9. The minimum atomic E-state index is -1.26. The van der Waals surface area contributed by atoms with Crippen LogP contribution in [-0.2, 0) is 33.4 Å². The molecule has 256 valence electrons. The van der Waals surface area contributed by atoms with E-state index in [2.05, 4.69) is 39.3 Å². The molecule has 5 rings (SSSR count). The number of likely N-dealkylation sites (tertiary alicyclic amines) is 1. The second-order valence-electron chi connectivity index (χ2n) is 12.4. The highest BCUT2D eigenvalue weighted by atomic mass is 79.9. The van der Waals surface area contributed by atoms with Crippen LogP contribution in [0.4, 0.5) is 0 Å². The molecule has 1 unspecified atom stereocenters. The summed E-state index contributed by atoms with van der Waals surface area (Å²) in [5.41, 5.74) is -0.526. The molecule has 3 amide bonds. The first-order chi connectivity index (χ1) is 22.7. The monoisotopic (exact) mass is 716 g/mol. The largest absolute Gasteiger partial charge is 0.463 e. The summed E-state index contributed by atoms with van der Waals surface area (Å²) in [5, 5.41) is 13.0. The predicted octanol–water partition coefficient (Wildman–Crippen LogP) is 1.44. The minimum Gasteiger partial charge on any atom is -0.463 e. The number of nitrogens with one attached hydrogen (secondary N) is 1. The van der Waals surface area contributed by atoms with E-state index >= 15 is 0 Å². The lowest BCUT2D eigenvalue weighted by Gasteiger charge is -2.37. The van der Waals surface area contributed by atoms with Gasteiger partial charge in [0.2, 0.25) is 17.7 Å². The number of β-amino-alcohol motifs (C(OH)–C–C–N with tert-alkyl or cyclic N) is 1. The van der Waals surface area contributed by atoms with Crippen molar-refractivity contribution >= 4 is 39.6 Å². The molecule has 4 saturated heterocycles. The number of carbonyl (C=O) groups excluding carboxylic acids is 4. The number of hydrogen-bond donors (Lipinski definition) is 2. The third kappa shape index (κ3) is 7.34. The molecule has 1 aromatic rings. The second-order valence-corrected chi connectivity index (χ2v) is 13.6. The number of carbonyl (C=O) groups is 4. The van der Waals surface area contributed by atoms with Crippen LogP contribution < -0.4 is 5.32 Å². The SMILES string of the molecule is C=CCCC(=O)OC[C@@H](NC(=O)[C@@H]1[C@H]2O[C@@]3(CC2Br)[C@H](C(=O)N(CC=C)CCN2CCOCC2)N(CCO)C(=O)[C@@H]13)c1ccccc1. The number of ether oxygens (including phenoxy) is 3. The lowest BCUT2D eigenvalue weighted by atomic mass is 9.70. The molecule has 0 radical (unpaired) electrons. The number of nitrogens with zero attached hydrogens (tertiary/aromatic N) is 3. The number of amides is 3. The fourth-order valence-electron chi connectivity index (χ4n) is 7.41. The summed E-state index contributed by atoms with van der Waals surface area (Å²) in [6.45, 7) is 11.1. The van der Waals surface area contributed by atoms with Crippen molar-refractivity contribution in [2.75, 3.05) is 65.7 Å². The number of fused-ring (bicyclic) bond motifs is 1. The van der Waals surface area contributed by atoms with Gasteiger partial charge in [0.25, 0.3) is 0 Å². The third-order valence-corrected chi connectivity index (χ3v) is 10.4. The van der Waals surface area contributed by atoms with Gasteiger partial charge < -0.3 is 34.4 Å². The van der Waals surface area contributed by atoms with Gasteiger partial charge in [-0.15, -0.1) is 13.2 Å². The average molecular weight is 718 g/mol. The molecule has 1 spiro atoms. The summed E-state index contributed by atoms with van der Waals surface area (Å²) in [6.07, 6.45) is 3.63. The Morgan fingerprint density at radius 2 is 1.91 bits per heavy atom. The van der Waals surface area contributed by atoms with Crippen LogP contribution in [0.2, 0.25) is 0 Å². The quantitative estimate of drug-likeness (QED) is 0.148.